The van der Waals surface area contributed by atoms with Crippen molar-refractivity contribution >= 4 is 44.3 Å². The molecule has 94 valence electrons. The molecule has 0 amide bonds. The summed E-state index contributed by atoms with van der Waals surface area (Å²) in [6.45, 7) is 0. The first-order chi connectivity index (χ1) is 8.50. The molecule has 0 aliphatic rings. The number of aromatic nitrogens is 1. The molecule has 0 aliphatic carbocycles. The molecule has 0 unspecified atom stereocenters. The largest absolute Gasteiger partial charge is 0.388 e. The van der Waals surface area contributed by atoms with Crippen LogP contribution in [0.2, 0.25) is 0 Å². The number of rotatable bonds is 4. The van der Waals surface area contributed by atoms with Crippen molar-refractivity contribution in [2.45, 2.75) is 4.90 Å². The summed E-state index contributed by atoms with van der Waals surface area (Å²) in [5.74, 6) is 0. The van der Waals surface area contributed by atoms with E-state index >= 15 is 0 Å². The minimum absolute atomic E-state index is 0.0244. The van der Waals surface area contributed by atoms with Crippen LogP contribution in [-0.4, -0.2) is 18.4 Å². The van der Waals surface area contributed by atoms with Crippen molar-refractivity contribution in [1.82, 2.24) is 4.98 Å². The van der Waals surface area contributed by atoms with Crippen LogP contribution in [0, 0.1) is 0 Å². The Morgan fingerprint density at radius 2 is 2.22 bits per heavy atom. The summed E-state index contributed by atoms with van der Waals surface area (Å²) in [5.41, 5.74) is 6.05. The molecule has 0 saturated carbocycles. The predicted octanol–water partition coefficient (Wildman–Crippen LogP) is 1.58. The fourth-order valence-electron chi connectivity index (χ4n) is 1.33. The van der Waals surface area contributed by atoms with E-state index < -0.39 is 10.0 Å². The zero-order valence-electron chi connectivity index (χ0n) is 9.03. The van der Waals surface area contributed by atoms with E-state index in [1.165, 1.54) is 29.7 Å². The van der Waals surface area contributed by atoms with Crippen molar-refractivity contribution in [3.63, 3.8) is 0 Å². The van der Waals surface area contributed by atoms with E-state index in [9.17, 15) is 8.42 Å². The van der Waals surface area contributed by atoms with Gasteiger partial charge in [-0.3, -0.25) is 9.71 Å². The van der Waals surface area contributed by atoms with Gasteiger partial charge in [0.1, 0.15) is 15.6 Å². The minimum Gasteiger partial charge on any atom is -0.388 e. The Hall–Kier alpha value is -1.51. The molecule has 2 aromatic rings. The first kappa shape index (κ1) is 12.9. The number of anilines is 1. The molecular weight excluding hydrogens is 290 g/mol. The van der Waals surface area contributed by atoms with E-state index in [-0.39, 0.29) is 15.6 Å². The number of sulfonamides is 1. The molecule has 0 saturated heterocycles. The second-order valence-corrected chi connectivity index (χ2v) is 6.20. The molecule has 0 radical (unpaired) electrons. The molecule has 8 heteroatoms. The van der Waals surface area contributed by atoms with Gasteiger partial charge in [0.15, 0.2) is 0 Å². The maximum atomic E-state index is 12.2. The van der Waals surface area contributed by atoms with Gasteiger partial charge >= 0.3 is 0 Å². The van der Waals surface area contributed by atoms with Gasteiger partial charge in [-0.15, -0.1) is 0 Å². The topological polar surface area (TPSA) is 85.1 Å². The molecule has 2 aromatic heterocycles. The Kier molecular flexibility index (Phi) is 3.60. The van der Waals surface area contributed by atoms with Crippen molar-refractivity contribution < 1.29 is 8.42 Å². The van der Waals surface area contributed by atoms with Crippen LogP contribution in [0.1, 0.15) is 5.69 Å². The Morgan fingerprint density at radius 3 is 2.83 bits per heavy atom. The number of nitrogens with zero attached hydrogens (tertiary/aromatic N) is 1. The molecule has 3 N–H and O–H groups in total. The molecular formula is C10H9N3O2S3. The van der Waals surface area contributed by atoms with Crippen LogP contribution in [0.25, 0.3) is 0 Å². The Morgan fingerprint density at radius 1 is 1.44 bits per heavy atom. The molecule has 0 aromatic carbocycles. The van der Waals surface area contributed by atoms with Gasteiger partial charge in [-0.1, -0.05) is 12.2 Å². The number of nitrogens with two attached hydrogens (primary N) is 1. The quantitative estimate of drug-likeness (QED) is 0.837. The van der Waals surface area contributed by atoms with E-state index in [0.717, 1.165) is 0 Å². The normalized spacial score (nSPS) is 11.1. The van der Waals surface area contributed by atoms with Gasteiger partial charge in [-0.25, -0.2) is 8.42 Å². The van der Waals surface area contributed by atoms with Gasteiger partial charge in [0.05, 0.1) is 5.69 Å². The van der Waals surface area contributed by atoms with Crippen molar-refractivity contribution in [2.24, 2.45) is 5.73 Å². The van der Waals surface area contributed by atoms with E-state index in [4.69, 9.17) is 18.0 Å². The van der Waals surface area contributed by atoms with Crippen molar-refractivity contribution in [2.75, 3.05) is 4.72 Å². The van der Waals surface area contributed by atoms with Gasteiger partial charge < -0.3 is 5.73 Å². The van der Waals surface area contributed by atoms with Crippen LogP contribution in [0.5, 0.6) is 0 Å². The zero-order chi connectivity index (χ0) is 13.2. The summed E-state index contributed by atoms with van der Waals surface area (Å²) in [6, 6.07) is 4.60. The average molecular weight is 299 g/mol. The minimum atomic E-state index is -3.73. The Labute approximate surface area is 114 Å². The van der Waals surface area contributed by atoms with Crippen molar-refractivity contribution in [1.29, 1.82) is 0 Å². The summed E-state index contributed by atoms with van der Waals surface area (Å²) in [6.07, 6.45) is 1.44. The highest BCUT2D eigenvalue weighted by molar-refractivity contribution is 7.93. The third kappa shape index (κ3) is 2.66. The number of thiophene rings is 1. The van der Waals surface area contributed by atoms with Gasteiger partial charge in [0, 0.05) is 11.6 Å². The predicted molar refractivity (Wildman–Crippen MR) is 75.3 cm³/mol. The SMILES string of the molecule is NC(=S)c1ncccc1S(=O)(=O)Nc1ccsc1. The molecule has 2 rings (SSSR count). The van der Waals surface area contributed by atoms with Crippen LogP contribution in [0.15, 0.2) is 40.1 Å². The van der Waals surface area contributed by atoms with Gasteiger partial charge in [-0.2, -0.15) is 11.3 Å². The second-order valence-electron chi connectivity index (χ2n) is 3.33. The Balaban J connectivity index is 2.45. The summed E-state index contributed by atoms with van der Waals surface area (Å²) in [4.78, 5) is 3.81. The molecule has 0 aliphatic heterocycles. The fraction of sp³-hybridized carbons (Fsp3) is 0. The maximum Gasteiger partial charge on any atom is 0.264 e. The Bertz CT molecular complexity index is 665. The van der Waals surface area contributed by atoms with Crippen LogP contribution in [0.4, 0.5) is 5.69 Å². The standard InChI is InChI=1S/C10H9N3O2S3/c11-10(16)9-8(2-1-4-12-9)18(14,15)13-7-3-5-17-6-7/h1-6,13H,(H2,11,16). The smallest absolute Gasteiger partial charge is 0.264 e. The second kappa shape index (κ2) is 5.01. The number of thiocarbonyl (C=S) groups is 1. The molecule has 2 heterocycles. The molecule has 0 bridgehead atoms. The highest BCUT2D eigenvalue weighted by Gasteiger charge is 2.20. The lowest BCUT2D eigenvalue weighted by Gasteiger charge is -2.09. The van der Waals surface area contributed by atoms with Gasteiger partial charge in [-0.05, 0) is 23.6 Å². The number of pyridine rings is 1. The maximum absolute atomic E-state index is 12.2. The lowest BCUT2D eigenvalue weighted by molar-refractivity contribution is 0.600. The van der Waals surface area contributed by atoms with Crippen molar-refractivity contribution in [3.8, 4) is 0 Å². The summed E-state index contributed by atoms with van der Waals surface area (Å²) < 4.78 is 26.8. The zero-order valence-corrected chi connectivity index (χ0v) is 11.5. The highest BCUT2D eigenvalue weighted by Crippen LogP contribution is 2.19. The number of nitrogens with one attached hydrogen (secondary N) is 1. The lowest BCUT2D eigenvalue weighted by Crippen LogP contribution is -2.20. The molecule has 0 atom stereocenters. The molecule has 0 spiro atoms. The van der Waals surface area contributed by atoms with E-state index in [1.54, 1.807) is 16.8 Å². The monoisotopic (exact) mass is 299 g/mol. The van der Waals surface area contributed by atoms with Crippen LogP contribution >= 0.6 is 23.6 Å². The summed E-state index contributed by atoms with van der Waals surface area (Å²) >= 11 is 6.18. The van der Waals surface area contributed by atoms with Crippen LogP contribution < -0.4 is 10.5 Å². The molecule has 5 nitrogen and oxygen atoms in total. The summed E-state index contributed by atoms with van der Waals surface area (Å²) in [5, 5.41) is 3.46. The van der Waals surface area contributed by atoms with Crippen molar-refractivity contribution in [3.05, 3.63) is 40.8 Å². The first-order valence-electron chi connectivity index (χ1n) is 4.80. The van der Waals surface area contributed by atoms with Gasteiger partial charge in [0.25, 0.3) is 10.0 Å². The van der Waals surface area contributed by atoms with Gasteiger partial charge in [0.2, 0.25) is 0 Å². The molecule has 0 fully saturated rings. The number of hydrogen-bond donors (Lipinski definition) is 2. The van der Waals surface area contributed by atoms with E-state index in [0.29, 0.717) is 5.69 Å². The average Bonchev–Trinajstić information content (AvgIpc) is 2.81. The third-order valence-corrected chi connectivity index (χ3v) is 4.36. The third-order valence-electron chi connectivity index (χ3n) is 2.07. The van der Waals surface area contributed by atoms with Crippen LogP contribution in [0.3, 0.4) is 0 Å². The summed E-state index contributed by atoms with van der Waals surface area (Å²) in [7, 11) is -3.73. The van der Waals surface area contributed by atoms with E-state index in [1.807, 2.05) is 0 Å². The molecule has 18 heavy (non-hydrogen) atoms. The van der Waals surface area contributed by atoms with Crippen LogP contribution in [-0.2, 0) is 10.0 Å². The number of hydrogen-bond acceptors (Lipinski definition) is 5. The van der Waals surface area contributed by atoms with E-state index in [2.05, 4.69) is 9.71 Å². The first-order valence-corrected chi connectivity index (χ1v) is 7.64. The lowest BCUT2D eigenvalue weighted by atomic mass is 10.3. The fourth-order valence-corrected chi connectivity index (χ4v) is 3.44. The highest BCUT2D eigenvalue weighted by atomic mass is 32.2.